The van der Waals surface area contributed by atoms with E-state index in [1.165, 1.54) is 0 Å². The Hall–Kier alpha value is -1.88. The van der Waals surface area contributed by atoms with E-state index >= 15 is 0 Å². The zero-order valence-corrected chi connectivity index (χ0v) is 10.8. The SMILES string of the molecule is COc1ccc(C(O)Cc2cn(C)nn2)cc1C. The molecular formula is C13H17N3O2. The van der Waals surface area contributed by atoms with E-state index in [9.17, 15) is 5.11 Å². The van der Waals surface area contributed by atoms with E-state index in [1.807, 2.05) is 25.1 Å². The standard InChI is InChI=1S/C13H17N3O2/c1-9-6-10(4-5-13(9)18-3)12(17)7-11-8-16(2)15-14-11/h4-6,8,12,17H,7H2,1-3H3. The van der Waals surface area contributed by atoms with Crippen LogP contribution in [0.25, 0.3) is 0 Å². The Morgan fingerprint density at radius 1 is 1.44 bits per heavy atom. The zero-order valence-electron chi connectivity index (χ0n) is 10.8. The van der Waals surface area contributed by atoms with E-state index in [4.69, 9.17) is 4.74 Å². The molecule has 2 aromatic rings. The first-order valence-corrected chi connectivity index (χ1v) is 5.78. The van der Waals surface area contributed by atoms with E-state index in [0.717, 1.165) is 22.6 Å². The summed E-state index contributed by atoms with van der Waals surface area (Å²) in [6, 6.07) is 5.66. The zero-order chi connectivity index (χ0) is 13.1. The Balaban J connectivity index is 2.13. The van der Waals surface area contributed by atoms with Gasteiger partial charge in [-0.25, -0.2) is 0 Å². The number of hydrogen-bond acceptors (Lipinski definition) is 4. The lowest BCUT2D eigenvalue weighted by atomic mass is 10.0. The third-order valence-corrected chi connectivity index (χ3v) is 2.86. The number of aliphatic hydroxyl groups excluding tert-OH is 1. The van der Waals surface area contributed by atoms with Gasteiger partial charge in [-0.15, -0.1) is 5.10 Å². The molecular weight excluding hydrogens is 230 g/mol. The molecule has 0 saturated heterocycles. The third kappa shape index (κ3) is 2.68. The highest BCUT2D eigenvalue weighted by Crippen LogP contribution is 2.24. The van der Waals surface area contributed by atoms with Gasteiger partial charge in [-0.1, -0.05) is 11.3 Å². The number of methoxy groups -OCH3 is 1. The van der Waals surface area contributed by atoms with E-state index in [2.05, 4.69) is 10.3 Å². The monoisotopic (exact) mass is 247 g/mol. The number of aliphatic hydroxyl groups is 1. The van der Waals surface area contributed by atoms with Crippen molar-refractivity contribution in [1.29, 1.82) is 0 Å². The smallest absolute Gasteiger partial charge is 0.121 e. The molecule has 2 rings (SSSR count). The summed E-state index contributed by atoms with van der Waals surface area (Å²) in [6.45, 7) is 1.96. The molecule has 1 atom stereocenters. The van der Waals surface area contributed by atoms with Gasteiger partial charge in [-0.3, -0.25) is 4.68 Å². The molecule has 1 aromatic carbocycles. The fourth-order valence-electron chi connectivity index (χ4n) is 1.91. The fraction of sp³-hybridized carbons (Fsp3) is 0.385. The molecule has 96 valence electrons. The summed E-state index contributed by atoms with van der Waals surface area (Å²) in [6.07, 6.45) is 1.69. The van der Waals surface area contributed by atoms with Crippen molar-refractivity contribution in [1.82, 2.24) is 15.0 Å². The van der Waals surface area contributed by atoms with Gasteiger partial charge >= 0.3 is 0 Å². The van der Waals surface area contributed by atoms with Crippen molar-refractivity contribution < 1.29 is 9.84 Å². The minimum atomic E-state index is -0.577. The van der Waals surface area contributed by atoms with Gasteiger partial charge in [0.1, 0.15) is 5.75 Å². The quantitative estimate of drug-likeness (QED) is 0.887. The van der Waals surface area contributed by atoms with E-state index < -0.39 is 6.10 Å². The van der Waals surface area contributed by atoms with Crippen LogP contribution in [-0.4, -0.2) is 27.2 Å². The first kappa shape index (κ1) is 12.6. The molecule has 1 heterocycles. The summed E-state index contributed by atoms with van der Waals surface area (Å²) < 4.78 is 6.82. The lowest BCUT2D eigenvalue weighted by molar-refractivity contribution is 0.177. The second-order valence-corrected chi connectivity index (χ2v) is 4.33. The van der Waals surface area contributed by atoms with Gasteiger partial charge in [0.2, 0.25) is 0 Å². The lowest BCUT2D eigenvalue weighted by Crippen LogP contribution is -2.03. The van der Waals surface area contributed by atoms with Crippen LogP contribution >= 0.6 is 0 Å². The molecule has 0 aliphatic heterocycles. The Kier molecular flexibility index (Phi) is 3.62. The van der Waals surface area contributed by atoms with Crippen LogP contribution in [0.2, 0.25) is 0 Å². The number of hydrogen-bond donors (Lipinski definition) is 1. The molecule has 1 unspecified atom stereocenters. The first-order valence-electron chi connectivity index (χ1n) is 5.78. The van der Waals surface area contributed by atoms with Crippen LogP contribution < -0.4 is 4.74 Å². The average Bonchev–Trinajstić information content (AvgIpc) is 2.74. The maximum atomic E-state index is 10.2. The number of rotatable bonds is 4. The summed E-state index contributed by atoms with van der Waals surface area (Å²) in [7, 11) is 3.44. The van der Waals surface area contributed by atoms with Crippen molar-refractivity contribution in [2.75, 3.05) is 7.11 Å². The highest BCUT2D eigenvalue weighted by molar-refractivity contribution is 5.37. The summed E-state index contributed by atoms with van der Waals surface area (Å²) in [5, 5.41) is 18.0. The van der Waals surface area contributed by atoms with Gasteiger partial charge in [0.25, 0.3) is 0 Å². The van der Waals surface area contributed by atoms with Crippen molar-refractivity contribution in [2.45, 2.75) is 19.4 Å². The van der Waals surface area contributed by atoms with Gasteiger partial charge in [0.15, 0.2) is 0 Å². The second-order valence-electron chi connectivity index (χ2n) is 4.33. The van der Waals surface area contributed by atoms with Crippen molar-refractivity contribution >= 4 is 0 Å². The number of benzene rings is 1. The molecule has 0 fully saturated rings. The molecule has 5 nitrogen and oxygen atoms in total. The minimum absolute atomic E-state index is 0.458. The molecule has 0 saturated carbocycles. The molecule has 1 N–H and O–H groups in total. The first-order chi connectivity index (χ1) is 8.60. The number of aryl methyl sites for hydroxylation is 2. The second kappa shape index (κ2) is 5.18. The van der Waals surface area contributed by atoms with Crippen LogP contribution in [-0.2, 0) is 13.5 Å². The third-order valence-electron chi connectivity index (χ3n) is 2.86. The van der Waals surface area contributed by atoms with Crippen LogP contribution in [0.4, 0.5) is 0 Å². The molecule has 0 aliphatic carbocycles. The topological polar surface area (TPSA) is 60.2 Å². The molecule has 5 heteroatoms. The summed E-state index contributed by atoms with van der Waals surface area (Å²) >= 11 is 0. The summed E-state index contributed by atoms with van der Waals surface area (Å²) in [5.74, 6) is 0.824. The Bertz CT molecular complexity index is 537. The lowest BCUT2D eigenvalue weighted by Gasteiger charge is -2.12. The maximum Gasteiger partial charge on any atom is 0.121 e. The van der Waals surface area contributed by atoms with Gasteiger partial charge < -0.3 is 9.84 Å². The number of aromatic nitrogens is 3. The Morgan fingerprint density at radius 2 is 2.22 bits per heavy atom. The number of nitrogens with zero attached hydrogens (tertiary/aromatic N) is 3. The number of ether oxygens (including phenoxy) is 1. The van der Waals surface area contributed by atoms with Crippen molar-refractivity contribution in [3.05, 3.63) is 41.2 Å². The normalized spacial score (nSPS) is 12.4. The van der Waals surface area contributed by atoms with E-state index in [0.29, 0.717) is 6.42 Å². The van der Waals surface area contributed by atoms with Crippen molar-refractivity contribution in [3.63, 3.8) is 0 Å². The van der Waals surface area contributed by atoms with Crippen LogP contribution in [0, 0.1) is 6.92 Å². The molecule has 0 amide bonds. The fourth-order valence-corrected chi connectivity index (χ4v) is 1.91. The molecule has 0 radical (unpaired) electrons. The maximum absolute atomic E-state index is 10.2. The van der Waals surface area contributed by atoms with Crippen LogP contribution in [0.5, 0.6) is 5.75 Å². The molecule has 1 aromatic heterocycles. The summed E-state index contributed by atoms with van der Waals surface area (Å²) in [5.41, 5.74) is 2.64. The average molecular weight is 247 g/mol. The highest BCUT2D eigenvalue weighted by atomic mass is 16.5. The highest BCUT2D eigenvalue weighted by Gasteiger charge is 2.12. The summed E-state index contributed by atoms with van der Waals surface area (Å²) in [4.78, 5) is 0. The van der Waals surface area contributed by atoms with Crippen LogP contribution in [0.1, 0.15) is 22.9 Å². The molecule has 0 spiro atoms. The predicted octanol–water partition coefficient (Wildman–Crippen LogP) is 1.41. The van der Waals surface area contributed by atoms with Crippen LogP contribution in [0.15, 0.2) is 24.4 Å². The van der Waals surface area contributed by atoms with E-state index in [1.54, 1.807) is 25.0 Å². The van der Waals surface area contributed by atoms with Gasteiger partial charge in [-0.2, -0.15) is 0 Å². The molecule has 0 aliphatic rings. The van der Waals surface area contributed by atoms with E-state index in [-0.39, 0.29) is 0 Å². The van der Waals surface area contributed by atoms with Gasteiger partial charge in [-0.05, 0) is 30.2 Å². The van der Waals surface area contributed by atoms with Gasteiger partial charge in [0, 0.05) is 19.7 Å². The van der Waals surface area contributed by atoms with Gasteiger partial charge in [0.05, 0.1) is 18.9 Å². The van der Waals surface area contributed by atoms with Crippen molar-refractivity contribution in [2.24, 2.45) is 7.05 Å². The largest absolute Gasteiger partial charge is 0.496 e. The Morgan fingerprint density at radius 3 is 2.78 bits per heavy atom. The van der Waals surface area contributed by atoms with Crippen LogP contribution in [0.3, 0.4) is 0 Å². The minimum Gasteiger partial charge on any atom is -0.496 e. The Labute approximate surface area is 106 Å². The van der Waals surface area contributed by atoms with Crippen molar-refractivity contribution in [3.8, 4) is 5.75 Å². The molecule has 0 bridgehead atoms. The predicted molar refractivity (Wildman–Crippen MR) is 67.4 cm³/mol. The molecule has 18 heavy (non-hydrogen) atoms.